The second-order valence-electron chi connectivity index (χ2n) is 7.96. The van der Waals surface area contributed by atoms with Gasteiger partial charge in [-0.3, -0.25) is 14.9 Å². The molecule has 7 nitrogen and oxygen atoms in total. The van der Waals surface area contributed by atoms with Crippen molar-refractivity contribution in [3.63, 3.8) is 0 Å². The molecule has 3 aromatic rings. The van der Waals surface area contributed by atoms with Crippen LogP contribution in [0.25, 0.3) is 16.6 Å². The number of carbonyl (C=O) groups excluding carboxylic acids is 2. The lowest BCUT2D eigenvalue weighted by atomic mass is 9.98. The van der Waals surface area contributed by atoms with Gasteiger partial charge in [-0.1, -0.05) is 61.9 Å². The number of nitrogens with zero attached hydrogens (tertiary/aromatic N) is 3. The minimum Gasteiger partial charge on any atom is -0.378 e. The largest absolute Gasteiger partial charge is 0.378 e. The molecule has 2 aromatic carbocycles. The third-order valence-corrected chi connectivity index (χ3v) is 6.19. The van der Waals surface area contributed by atoms with Crippen LogP contribution < -0.4 is 15.5 Å². The average Bonchev–Trinajstić information content (AvgIpc) is 3.29. The number of amides is 2. The average molecular weight is 464 g/mol. The van der Waals surface area contributed by atoms with Gasteiger partial charge < -0.3 is 10.2 Å². The molecule has 2 N–H and O–H groups in total. The maximum absolute atomic E-state index is 13.0. The molecule has 0 saturated heterocycles. The summed E-state index contributed by atoms with van der Waals surface area (Å²) in [6.45, 7) is 3.92. The van der Waals surface area contributed by atoms with Gasteiger partial charge in [-0.05, 0) is 41.8 Å². The maximum Gasteiger partial charge on any atom is 0.249 e. The van der Waals surface area contributed by atoms with Crippen molar-refractivity contribution in [1.82, 2.24) is 15.5 Å². The monoisotopic (exact) mass is 463 g/mol. The fraction of sp³-hybridized carbons (Fsp3) is 0.280. The van der Waals surface area contributed by atoms with Crippen LogP contribution in [0.4, 0.5) is 10.8 Å². The third kappa shape index (κ3) is 6.73. The number of anilines is 2. The lowest BCUT2D eigenvalue weighted by molar-refractivity contribution is -0.125. The van der Waals surface area contributed by atoms with Crippen molar-refractivity contribution in [1.29, 1.82) is 0 Å². The van der Waals surface area contributed by atoms with Crippen LogP contribution >= 0.6 is 11.3 Å². The van der Waals surface area contributed by atoms with Gasteiger partial charge in [0.25, 0.3) is 0 Å². The first-order valence-electron chi connectivity index (χ1n) is 10.8. The van der Waals surface area contributed by atoms with Crippen molar-refractivity contribution < 1.29 is 9.59 Å². The molecule has 0 aliphatic heterocycles. The first kappa shape index (κ1) is 24.1. The van der Waals surface area contributed by atoms with Gasteiger partial charge >= 0.3 is 0 Å². The van der Waals surface area contributed by atoms with Crippen molar-refractivity contribution in [3.8, 4) is 10.6 Å². The van der Waals surface area contributed by atoms with E-state index < -0.39 is 6.04 Å². The van der Waals surface area contributed by atoms with Crippen LogP contribution in [-0.4, -0.2) is 42.1 Å². The summed E-state index contributed by atoms with van der Waals surface area (Å²) in [6.07, 6.45) is 3.90. The summed E-state index contributed by atoms with van der Waals surface area (Å²) in [7, 11) is 3.97. The van der Waals surface area contributed by atoms with Gasteiger partial charge in [0, 0.05) is 31.4 Å². The van der Waals surface area contributed by atoms with E-state index in [1.165, 1.54) is 17.4 Å². The van der Waals surface area contributed by atoms with E-state index in [9.17, 15) is 9.59 Å². The van der Waals surface area contributed by atoms with Gasteiger partial charge in [-0.2, -0.15) is 0 Å². The molecule has 0 saturated carbocycles. The zero-order chi connectivity index (χ0) is 23.8. The van der Waals surface area contributed by atoms with Gasteiger partial charge in [-0.25, -0.2) is 0 Å². The Labute approximate surface area is 198 Å². The number of nitrogens with one attached hydrogen (secondary N) is 2. The summed E-state index contributed by atoms with van der Waals surface area (Å²) in [5.41, 5.74) is 2.93. The SMILES string of the molecule is CCC(C)C(NC(=O)C=Cc1ccccc1)C(=O)Nc1nnc(-c2ccc(N(C)C)cc2)s1. The van der Waals surface area contributed by atoms with E-state index in [-0.39, 0.29) is 17.7 Å². The number of carbonyl (C=O) groups is 2. The van der Waals surface area contributed by atoms with E-state index in [0.29, 0.717) is 10.1 Å². The predicted molar refractivity (Wildman–Crippen MR) is 135 cm³/mol. The highest BCUT2D eigenvalue weighted by Gasteiger charge is 2.26. The molecule has 0 bridgehead atoms. The number of aromatic nitrogens is 2. The lowest BCUT2D eigenvalue weighted by Crippen LogP contribution is -2.47. The molecule has 3 rings (SSSR count). The van der Waals surface area contributed by atoms with Crippen LogP contribution in [0.3, 0.4) is 0 Å². The van der Waals surface area contributed by atoms with Crippen molar-refractivity contribution in [2.45, 2.75) is 26.3 Å². The number of hydrogen-bond acceptors (Lipinski definition) is 6. The first-order chi connectivity index (χ1) is 15.9. The van der Waals surface area contributed by atoms with Gasteiger partial charge in [-0.15, -0.1) is 10.2 Å². The van der Waals surface area contributed by atoms with E-state index in [2.05, 4.69) is 20.8 Å². The second-order valence-corrected chi connectivity index (χ2v) is 8.94. The molecule has 1 aromatic heterocycles. The summed E-state index contributed by atoms with van der Waals surface area (Å²) >= 11 is 1.30. The van der Waals surface area contributed by atoms with Crippen LogP contribution in [0.1, 0.15) is 25.8 Å². The highest BCUT2D eigenvalue weighted by Crippen LogP contribution is 2.28. The van der Waals surface area contributed by atoms with E-state index in [1.807, 2.05) is 87.4 Å². The molecular weight excluding hydrogens is 434 g/mol. The molecule has 2 unspecified atom stereocenters. The Balaban J connectivity index is 1.66. The Kier molecular flexibility index (Phi) is 8.32. The zero-order valence-corrected chi connectivity index (χ0v) is 20.1. The molecule has 172 valence electrons. The van der Waals surface area contributed by atoms with Crippen LogP contribution in [0, 0.1) is 5.92 Å². The van der Waals surface area contributed by atoms with Gasteiger partial charge in [0.1, 0.15) is 11.0 Å². The maximum atomic E-state index is 13.0. The molecule has 33 heavy (non-hydrogen) atoms. The van der Waals surface area contributed by atoms with E-state index >= 15 is 0 Å². The normalized spacial score (nSPS) is 12.8. The second kappa shape index (κ2) is 11.4. The van der Waals surface area contributed by atoms with E-state index in [4.69, 9.17) is 0 Å². The molecular formula is C25H29N5O2S. The summed E-state index contributed by atoms with van der Waals surface area (Å²) in [6, 6.07) is 16.8. The van der Waals surface area contributed by atoms with Gasteiger partial charge in [0.15, 0.2) is 0 Å². The summed E-state index contributed by atoms with van der Waals surface area (Å²) in [4.78, 5) is 27.5. The van der Waals surface area contributed by atoms with Gasteiger partial charge in [0.2, 0.25) is 16.9 Å². The molecule has 0 spiro atoms. The molecule has 0 fully saturated rings. The van der Waals surface area contributed by atoms with Crippen molar-refractivity contribution in [2.75, 3.05) is 24.3 Å². The highest BCUT2D eigenvalue weighted by atomic mass is 32.1. The van der Waals surface area contributed by atoms with E-state index in [0.717, 1.165) is 23.2 Å². The number of benzene rings is 2. The van der Waals surface area contributed by atoms with E-state index in [1.54, 1.807) is 6.08 Å². The minimum atomic E-state index is -0.686. The Morgan fingerprint density at radius 2 is 1.76 bits per heavy atom. The van der Waals surface area contributed by atoms with Gasteiger partial charge in [0.05, 0.1) is 0 Å². The Morgan fingerprint density at radius 1 is 1.06 bits per heavy atom. The van der Waals surface area contributed by atoms with Crippen LogP contribution in [-0.2, 0) is 9.59 Å². The molecule has 2 amide bonds. The number of rotatable bonds is 9. The summed E-state index contributed by atoms with van der Waals surface area (Å²) in [5, 5.41) is 15.1. The molecule has 8 heteroatoms. The fourth-order valence-corrected chi connectivity index (χ4v) is 3.87. The molecule has 0 radical (unpaired) electrons. The summed E-state index contributed by atoms with van der Waals surface area (Å²) in [5.74, 6) is -0.681. The van der Waals surface area contributed by atoms with Crippen LogP contribution in [0.15, 0.2) is 60.7 Å². The van der Waals surface area contributed by atoms with Crippen LogP contribution in [0.5, 0.6) is 0 Å². The van der Waals surface area contributed by atoms with Crippen LogP contribution in [0.2, 0.25) is 0 Å². The zero-order valence-electron chi connectivity index (χ0n) is 19.3. The fourth-order valence-electron chi connectivity index (χ4n) is 3.12. The Hall–Kier alpha value is -3.52. The first-order valence-corrected chi connectivity index (χ1v) is 11.6. The standard InChI is InChI=1S/C25H29N5O2S/c1-5-17(2)22(26-21(31)16-11-18-9-7-6-8-10-18)23(32)27-25-29-28-24(33-25)19-12-14-20(15-13-19)30(3)4/h6-17,22H,5H2,1-4H3,(H,26,31)(H,27,29,32). The van der Waals surface area contributed by atoms with Crippen molar-refractivity contribution in [2.24, 2.45) is 5.92 Å². The lowest BCUT2D eigenvalue weighted by Gasteiger charge is -2.22. The number of hydrogen-bond donors (Lipinski definition) is 2. The highest BCUT2D eigenvalue weighted by molar-refractivity contribution is 7.18. The molecule has 1 heterocycles. The third-order valence-electron chi connectivity index (χ3n) is 5.31. The topological polar surface area (TPSA) is 87.2 Å². The van der Waals surface area contributed by atoms with Crippen molar-refractivity contribution in [3.05, 3.63) is 66.2 Å². The summed E-state index contributed by atoms with van der Waals surface area (Å²) < 4.78 is 0. The minimum absolute atomic E-state index is 0.0509. The Morgan fingerprint density at radius 3 is 2.39 bits per heavy atom. The molecule has 0 aliphatic rings. The van der Waals surface area contributed by atoms with Crippen molar-refractivity contribution >= 4 is 40.0 Å². The quantitative estimate of drug-likeness (QED) is 0.458. The Bertz CT molecular complexity index is 1090. The predicted octanol–water partition coefficient (Wildman–Crippen LogP) is 4.45. The molecule has 0 aliphatic carbocycles. The smallest absolute Gasteiger partial charge is 0.249 e. The molecule has 2 atom stereocenters.